The summed E-state index contributed by atoms with van der Waals surface area (Å²) in [7, 11) is 0. The highest BCUT2D eigenvalue weighted by atomic mass is 16.4. The Morgan fingerprint density at radius 3 is 2.29 bits per heavy atom. The van der Waals surface area contributed by atoms with Gasteiger partial charge >= 0.3 is 5.97 Å². The molecule has 0 saturated heterocycles. The predicted octanol–water partition coefficient (Wildman–Crippen LogP) is 2.25. The van der Waals surface area contributed by atoms with Gasteiger partial charge in [-0.25, -0.2) is 0 Å². The van der Waals surface area contributed by atoms with Crippen molar-refractivity contribution in [3.8, 4) is 0 Å². The lowest BCUT2D eigenvalue weighted by atomic mass is 9.85. The van der Waals surface area contributed by atoms with Crippen molar-refractivity contribution in [2.45, 2.75) is 53.0 Å². The maximum Gasteiger partial charge on any atom is 0.303 e. The fourth-order valence-corrected chi connectivity index (χ4v) is 1.77. The Balaban J connectivity index is 3.82. The number of nitrogens with two attached hydrogens (primary N) is 1. The molecule has 84 valence electrons. The fourth-order valence-electron chi connectivity index (χ4n) is 1.77. The van der Waals surface area contributed by atoms with Crippen LogP contribution in [0.2, 0.25) is 0 Å². The Hall–Kier alpha value is -0.570. The van der Waals surface area contributed by atoms with Crippen molar-refractivity contribution in [2.24, 2.45) is 17.1 Å². The average molecular weight is 201 g/mol. The molecule has 0 amide bonds. The summed E-state index contributed by atoms with van der Waals surface area (Å²) in [5.41, 5.74) is 6.17. The van der Waals surface area contributed by atoms with E-state index < -0.39 is 5.97 Å². The smallest absolute Gasteiger partial charge is 0.303 e. The monoisotopic (exact) mass is 201 g/mol. The average Bonchev–Trinajstić information content (AvgIpc) is 1.77. The molecule has 0 saturated carbocycles. The number of hydrogen-bond donors (Lipinski definition) is 2. The summed E-state index contributed by atoms with van der Waals surface area (Å²) in [5, 5.41) is 8.59. The highest BCUT2D eigenvalue weighted by Crippen LogP contribution is 2.23. The van der Waals surface area contributed by atoms with Crippen LogP contribution in [0.1, 0.15) is 47.0 Å². The normalized spacial score (nSPS) is 16.4. The molecule has 0 aliphatic heterocycles. The molecule has 0 bridgehead atoms. The zero-order chi connectivity index (χ0) is 11.4. The van der Waals surface area contributed by atoms with Gasteiger partial charge in [-0.15, -0.1) is 0 Å². The van der Waals surface area contributed by atoms with Gasteiger partial charge in [-0.2, -0.15) is 0 Å². The lowest BCUT2D eigenvalue weighted by Crippen LogP contribution is -2.28. The fraction of sp³-hybridized carbons (Fsp3) is 0.909. The maximum absolute atomic E-state index is 10.4. The minimum Gasteiger partial charge on any atom is -0.481 e. The van der Waals surface area contributed by atoms with Gasteiger partial charge in [-0.1, -0.05) is 27.7 Å². The van der Waals surface area contributed by atoms with Crippen molar-refractivity contribution in [3.63, 3.8) is 0 Å². The Labute approximate surface area is 86.7 Å². The van der Waals surface area contributed by atoms with Gasteiger partial charge in [0.1, 0.15) is 0 Å². The molecular weight excluding hydrogens is 178 g/mol. The van der Waals surface area contributed by atoms with E-state index in [0.29, 0.717) is 0 Å². The highest BCUT2D eigenvalue weighted by molar-refractivity contribution is 5.66. The number of hydrogen-bond acceptors (Lipinski definition) is 2. The summed E-state index contributed by atoms with van der Waals surface area (Å²) >= 11 is 0. The molecule has 0 spiro atoms. The maximum atomic E-state index is 10.4. The lowest BCUT2D eigenvalue weighted by molar-refractivity contribution is -0.138. The summed E-state index contributed by atoms with van der Waals surface area (Å²) < 4.78 is 0. The SMILES string of the molecule is C[C@@H](CC(=O)O)C[C@H](N)CC(C)(C)C. The number of rotatable bonds is 5. The first-order chi connectivity index (χ1) is 6.20. The van der Waals surface area contributed by atoms with Crippen molar-refractivity contribution in [3.05, 3.63) is 0 Å². The van der Waals surface area contributed by atoms with Crippen molar-refractivity contribution in [2.75, 3.05) is 0 Å². The van der Waals surface area contributed by atoms with E-state index in [-0.39, 0.29) is 23.8 Å². The molecule has 0 aliphatic rings. The van der Waals surface area contributed by atoms with Gasteiger partial charge in [0.05, 0.1) is 0 Å². The molecule has 0 aromatic carbocycles. The molecule has 3 nitrogen and oxygen atoms in total. The van der Waals surface area contributed by atoms with Crippen LogP contribution in [0.5, 0.6) is 0 Å². The molecule has 3 heteroatoms. The zero-order valence-corrected chi connectivity index (χ0v) is 9.71. The molecule has 0 fully saturated rings. The molecule has 0 unspecified atom stereocenters. The Kier molecular flexibility index (Phi) is 5.13. The van der Waals surface area contributed by atoms with Gasteiger partial charge in [0, 0.05) is 12.5 Å². The minimum atomic E-state index is -0.736. The molecular formula is C11H23NO2. The van der Waals surface area contributed by atoms with Crippen LogP contribution in [0.3, 0.4) is 0 Å². The minimum absolute atomic E-state index is 0.115. The van der Waals surface area contributed by atoms with E-state index in [1.165, 1.54) is 0 Å². The second kappa shape index (κ2) is 5.35. The van der Waals surface area contributed by atoms with Crippen LogP contribution in [-0.4, -0.2) is 17.1 Å². The highest BCUT2D eigenvalue weighted by Gasteiger charge is 2.18. The molecule has 0 aromatic rings. The van der Waals surface area contributed by atoms with Crippen molar-refractivity contribution < 1.29 is 9.90 Å². The van der Waals surface area contributed by atoms with Gasteiger partial charge < -0.3 is 10.8 Å². The molecule has 0 heterocycles. The van der Waals surface area contributed by atoms with Gasteiger partial charge in [0.25, 0.3) is 0 Å². The van der Waals surface area contributed by atoms with Gasteiger partial charge in [0.2, 0.25) is 0 Å². The first-order valence-electron chi connectivity index (χ1n) is 5.18. The third-order valence-corrected chi connectivity index (χ3v) is 2.10. The molecule has 14 heavy (non-hydrogen) atoms. The summed E-state index contributed by atoms with van der Waals surface area (Å²) in [4.78, 5) is 10.4. The van der Waals surface area contributed by atoms with Crippen LogP contribution >= 0.6 is 0 Å². The van der Waals surface area contributed by atoms with Gasteiger partial charge in [-0.05, 0) is 24.2 Å². The summed E-state index contributed by atoms with van der Waals surface area (Å²) in [6.45, 7) is 8.38. The van der Waals surface area contributed by atoms with Crippen LogP contribution in [-0.2, 0) is 4.79 Å². The molecule has 0 radical (unpaired) electrons. The number of aliphatic carboxylic acids is 1. The Morgan fingerprint density at radius 1 is 1.43 bits per heavy atom. The number of carbonyl (C=O) groups is 1. The summed E-state index contributed by atoms with van der Waals surface area (Å²) in [6, 6.07) is 0.115. The second-order valence-electron chi connectivity index (χ2n) is 5.46. The van der Waals surface area contributed by atoms with Crippen LogP contribution in [0.25, 0.3) is 0 Å². The van der Waals surface area contributed by atoms with Crippen LogP contribution in [0.15, 0.2) is 0 Å². The van der Waals surface area contributed by atoms with E-state index in [0.717, 1.165) is 12.8 Å². The topological polar surface area (TPSA) is 63.3 Å². The number of carboxylic acids is 1. The Bertz CT molecular complexity index is 184. The van der Waals surface area contributed by atoms with E-state index in [2.05, 4.69) is 20.8 Å². The van der Waals surface area contributed by atoms with Gasteiger partial charge in [0.15, 0.2) is 0 Å². The van der Waals surface area contributed by atoms with E-state index in [4.69, 9.17) is 10.8 Å². The van der Waals surface area contributed by atoms with E-state index in [1.54, 1.807) is 0 Å². The van der Waals surface area contributed by atoms with Crippen molar-refractivity contribution in [1.82, 2.24) is 0 Å². The summed E-state index contributed by atoms with van der Waals surface area (Å²) in [5.74, 6) is -0.565. The zero-order valence-electron chi connectivity index (χ0n) is 9.71. The molecule has 2 atom stereocenters. The van der Waals surface area contributed by atoms with E-state index >= 15 is 0 Å². The third-order valence-electron chi connectivity index (χ3n) is 2.10. The van der Waals surface area contributed by atoms with Crippen LogP contribution < -0.4 is 5.73 Å². The van der Waals surface area contributed by atoms with Crippen molar-refractivity contribution >= 4 is 5.97 Å². The van der Waals surface area contributed by atoms with Crippen LogP contribution in [0, 0.1) is 11.3 Å². The van der Waals surface area contributed by atoms with Crippen molar-refractivity contribution in [1.29, 1.82) is 0 Å². The van der Waals surface area contributed by atoms with Gasteiger partial charge in [-0.3, -0.25) is 4.79 Å². The first-order valence-corrected chi connectivity index (χ1v) is 5.18. The molecule has 0 aromatic heterocycles. The number of carboxylic acid groups (broad SMARTS) is 1. The standard InChI is InChI=1S/C11H23NO2/c1-8(6-10(13)14)5-9(12)7-11(2,3)4/h8-9H,5-7,12H2,1-4H3,(H,13,14)/t8-,9+/m1/s1. The third kappa shape index (κ3) is 8.05. The first kappa shape index (κ1) is 13.4. The molecule has 3 N–H and O–H groups in total. The molecule has 0 rings (SSSR count). The Morgan fingerprint density at radius 2 is 1.93 bits per heavy atom. The van der Waals surface area contributed by atoms with Crippen LogP contribution in [0.4, 0.5) is 0 Å². The summed E-state index contributed by atoms with van der Waals surface area (Å²) in [6.07, 6.45) is 1.96. The largest absolute Gasteiger partial charge is 0.481 e. The molecule has 0 aliphatic carbocycles. The van der Waals surface area contributed by atoms with E-state index in [9.17, 15) is 4.79 Å². The quantitative estimate of drug-likeness (QED) is 0.717. The predicted molar refractivity (Wildman–Crippen MR) is 58.1 cm³/mol. The lowest BCUT2D eigenvalue weighted by Gasteiger charge is -2.24. The second-order valence-corrected chi connectivity index (χ2v) is 5.46. The van der Waals surface area contributed by atoms with E-state index in [1.807, 2.05) is 6.92 Å².